The van der Waals surface area contributed by atoms with Gasteiger partial charge in [-0.3, -0.25) is 24.5 Å². The zero-order valence-corrected chi connectivity index (χ0v) is 16.2. The van der Waals surface area contributed by atoms with Crippen molar-refractivity contribution in [3.8, 4) is 0 Å². The van der Waals surface area contributed by atoms with Crippen LogP contribution < -0.4 is 5.32 Å². The Labute approximate surface area is 167 Å². The number of benzene rings is 1. The lowest BCUT2D eigenvalue weighted by molar-refractivity contribution is -0.384. The standard InChI is InChI=1S/C18H22ClN3O6/c1-21(13-5-3-2-4-6-13)16(23)11-28-17(24)10-20-18(25)12-7-8-14(19)15(9-12)22(26)27/h7-9,13H,2-6,10-11H2,1H3,(H,20,25). The van der Waals surface area contributed by atoms with Crippen molar-refractivity contribution in [1.29, 1.82) is 0 Å². The first-order valence-corrected chi connectivity index (χ1v) is 9.31. The van der Waals surface area contributed by atoms with Gasteiger partial charge in [-0.25, -0.2) is 0 Å². The van der Waals surface area contributed by atoms with E-state index in [0.29, 0.717) is 0 Å². The van der Waals surface area contributed by atoms with Gasteiger partial charge in [0.2, 0.25) is 0 Å². The van der Waals surface area contributed by atoms with Crippen LogP contribution in [0.3, 0.4) is 0 Å². The quantitative estimate of drug-likeness (QED) is 0.417. The lowest BCUT2D eigenvalue weighted by Gasteiger charge is -2.31. The van der Waals surface area contributed by atoms with Gasteiger partial charge in [0.05, 0.1) is 4.92 Å². The van der Waals surface area contributed by atoms with E-state index in [1.807, 2.05) is 0 Å². The van der Waals surface area contributed by atoms with E-state index in [4.69, 9.17) is 16.3 Å². The van der Waals surface area contributed by atoms with Crippen LogP contribution in [0.2, 0.25) is 5.02 Å². The Bertz CT molecular complexity index is 764. The number of nitro benzene ring substituents is 1. The molecule has 0 bridgehead atoms. The monoisotopic (exact) mass is 411 g/mol. The van der Waals surface area contributed by atoms with Crippen LogP contribution >= 0.6 is 11.6 Å². The maximum absolute atomic E-state index is 12.1. The summed E-state index contributed by atoms with van der Waals surface area (Å²) in [5, 5.41) is 13.1. The molecule has 0 unspecified atom stereocenters. The molecule has 1 aliphatic carbocycles. The van der Waals surface area contributed by atoms with E-state index in [2.05, 4.69) is 5.32 Å². The van der Waals surface area contributed by atoms with Crippen molar-refractivity contribution >= 4 is 35.1 Å². The fraction of sp³-hybridized carbons (Fsp3) is 0.500. The summed E-state index contributed by atoms with van der Waals surface area (Å²) in [6.07, 6.45) is 5.22. The SMILES string of the molecule is CN(C(=O)COC(=O)CNC(=O)c1ccc(Cl)c([N+](=O)[O-])c1)C1CCCCC1. The second-order valence-electron chi connectivity index (χ2n) is 6.56. The normalized spacial score (nSPS) is 14.2. The highest BCUT2D eigenvalue weighted by Crippen LogP contribution is 2.25. The molecule has 9 nitrogen and oxygen atoms in total. The lowest BCUT2D eigenvalue weighted by Crippen LogP contribution is -2.41. The fourth-order valence-corrected chi connectivity index (χ4v) is 3.20. The zero-order chi connectivity index (χ0) is 20.7. The largest absolute Gasteiger partial charge is 0.454 e. The summed E-state index contributed by atoms with van der Waals surface area (Å²) in [4.78, 5) is 47.7. The molecule has 2 rings (SSSR count). The molecule has 1 aromatic carbocycles. The molecule has 1 N–H and O–H groups in total. The zero-order valence-electron chi connectivity index (χ0n) is 15.5. The van der Waals surface area contributed by atoms with Gasteiger partial charge in [0, 0.05) is 24.7 Å². The average Bonchev–Trinajstić information content (AvgIpc) is 2.70. The van der Waals surface area contributed by atoms with Crippen molar-refractivity contribution < 1.29 is 24.0 Å². The molecule has 0 heterocycles. The number of hydrogen-bond donors (Lipinski definition) is 1. The molecule has 0 saturated heterocycles. The summed E-state index contributed by atoms with van der Waals surface area (Å²) in [5.74, 6) is -1.76. The summed E-state index contributed by atoms with van der Waals surface area (Å²) in [5.41, 5.74) is -0.426. The minimum atomic E-state index is -0.776. The number of halogens is 1. The van der Waals surface area contributed by atoms with E-state index in [1.54, 1.807) is 11.9 Å². The summed E-state index contributed by atoms with van der Waals surface area (Å²) in [6.45, 7) is -0.857. The number of hydrogen-bond acceptors (Lipinski definition) is 6. The van der Waals surface area contributed by atoms with Gasteiger partial charge in [0.25, 0.3) is 17.5 Å². The third-order valence-corrected chi connectivity index (χ3v) is 4.99. The molecular weight excluding hydrogens is 390 g/mol. The minimum absolute atomic E-state index is 0.0167. The highest BCUT2D eigenvalue weighted by atomic mass is 35.5. The fourth-order valence-electron chi connectivity index (χ4n) is 3.02. The van der Waals surface area contributed by atoms with Crippen molar-refractivity contribution in [2.75, 3.05) is 20.2 Å². The molecule has 0 atom stereocenters. The molecule has 1 aliphatic rings. The summed E-state index contributed by atoms with van der Waals surface area (Å²) < 4.78 is 4.91. The molecule has 0 spiro atoms. The van der Waals surface area contributed by atoms with Gasteiger partial charge in [0.1, 0.15) is 11.6 Å². The van der Waals surface area contributed by atoms with Crippen LogP contribution in [0.4, 0.5) is 5.69 Å². The van der Waals surface area contributed by atoms with Gasteiger partial charge in [-0.05, 0) is 25.0 Å². The average molecular weight is 412 g/mol. The molecule has 0 radical (unpaired) electrons. The van der Waals surface area contributed by atoms with Gasteiger partial charge in [0.15, 0.2) is 6.61 Å². The van der Waals surface area contributed by atoms with Crippen LogP contribution in [0.25, 0.3) is 0 Å². The van der Waals surface area contributed by atoms with Crippen LogP contribution in [-0.2, 0) is 14.3 Å². The maximum atomic E-state index is 12.1. The molecule has 152 valence electrons. The Balaban J connectivity index is 1.79. The van der Waals surface area contributed by atoms with Crippen molar-refractivity contribution in [1.82, 2.24) is 10.2 Å². The van der Waals surface area contributed by atoms with Crippen LogP contribution in [0.1, 0.15) is 42.5 Å². The van der Waals surface area contributed by atoms with Crippen LogP contribution in [0.5, 0.6) is 0 Å². The third kappa shape index (κ3) is 5.91. The molecule has 1 fully saturated rings. The Morgan fingerprint density at radius 2 is 1.96 bits per heavy atom. The molecule has 0 aromatic heterocycles. The Kier molecular flexibility index (Phi) is 7.74. The van der Waals surface area contributed by atoms with E-state index in [0.717, 1.165) is 31.7 Å². The van der Waals surface area contributed by atoms with E-state index in [9.17, 15) is 24.5 Å². The second-order valence-corrected chi connectivity index (χ2v) is 6.97. The van der Waals surface area contributed by atoms with Crippen LogP contribution in [0, 0.1) is 10.1 Å². The second kappa shape index (κ2) is 10.0. The number of nitrogens with zero attached hydrogens (tertiary/aromatic N) is 2. The third-order valence-electron chi connectivity index (χ3n) is 4.67. The highest BCUT2D eigenvalue weighted by Gasteiger charge is 2.23. The predicted octanol–water partition coefficient (Wildman–Crippen LogP) is 2.31. The molecule has 2 amide bonds. The van der Waals surface area contributed by atoms with Crippen molar-refractivity contribution in [3.63, 3.8) is 0 Å². The number of likely N-dealkylation sites (N-methyl/N-ethyl adjacent to an activating group) is 1. The Morgan fingerprint density at radius 1 is 1.29 bits per heavy atom. The first kappa shape index (κ1) is 21.6. The number of rotatable bonds is 7. The summed E-state index contributed by atoms with van der Waals surface area (Å²) in [7, 11) is 1.70. The summed E-state index contributed by atoms with van der Waals surface area (Å²) >= 11 is 5.69. The topological polar surface area (TPSA) is 119 Å². The van der Waals surface area contributed by atoms with Crippen molar-refractivity contribution in [3.05, 3.63) is 38.9 Å². The van der Waals surface area contributed by atoms with Crippen LogP contribution in [0.15, 0.2) is 18.2 Å². The number of carbonyl (C=O) groups excluding carboxylic acids is 3. The number of nitrogens with one attached hydrogen (secondary N) is 1. The summed E-state index contributed by atoms with van der Waals surface area (Å²) in [6, 6.07) is 3.72. The minimum Gasteiger partial charge on any atom is -0.454 e. The van der Waals surface area contributed by atoms with E-state index in [-0.39, 0.29) is 22.5 Å². The molecule has 28 heavy (non-hydrogen) atoms. The van der Waals surface area contributed by atoms with Gasteiger partial charge < -0.3 is 15.0 Å². The van der Waals surface area contributed by atoms with E-state index in [1.165, 1.54) is 18.6 Å². The molecular formula is C18H22ClN3O6. The number of carbonyl (C=O) groups is 3. The number of esters is 1. The molecule has 0 aliphatic heterocycles. The van der Waals surface area contributed by atoms with Crippen molar-refractivity contribution in [2.45, 2.75) is 38.1 Å². The first-order valence-electron chi connectivity index (χ1n) is 8.93. The van der Waals surface area contributed by atoms with Crippen LogP contribution in [-0.4, -0.2) is 53.8 Å². The highest BCUT2D eigenvalue weighted by molar-refractivity contribution is 6.32. The smallest absolute Gasteiger partial charge is 0.325 e. The predicted molar refractivity (Wildman–Crippen MR) is 101 cm³/mol. The molecule has 10 heteroatoms. The number of nitro groups is 1. The lowest BCUT2D eigenvalue weighted by atomic mass is 9.94. The molecule has 1 aromatic rings. The maximum Gasteiger partial charge on any atom is 0.325 e. The number of amides is 2. The Morgan fingerprint density at radius 3 is 2.61 bits per heavy atom. The van der Waals surface area contributed by atoms with Gasteiger partial charge in [-0.2, -0.15) is 0 Å². The number of ether oxygens (including phenoxy) is 1. The van der Waals surface area contributed by atoms with E-state index < -0.39 is 35.6 Å². The van der Waals surface area contributed by atoms with Gasteiger partial charge in [-0.1, -0.05) is 30.9 Å². The molecule has 1 saturated carbocycles. The van der Waals surface area contributed by atoms with Crippen molar-refractivity contribution in [2.24, 2.45) is 0 Å². The van der Waals surface area contributed by atoms with Gasteiger partial charge in [-0.15, -0.1) is 0 Å². The Hall–Kier alpha value is -2.68. The first-order chi connectivity index (χ1) is 13.3. The van der Waals surface area contributed by atoms with E-state index >= 15 is 0 Å². The van der Waals surface area contributed by atoms with Gasteiger partial charge >= 0.3 is 5.97 Å².